The molecule has 5 heteroatoms. The Morgan fingerprint density at radius 2 is 1.84 bits per heavy atom. The average molecular weight is 452 g/mol. The van der Waals surface area contributed by atoms with Crippen molar-refractivity contribution >= 4 is 42.8 Å². The molecular formula is C26H29NO2S2. The van der Waals surface area contributed by atoms with Crippen LogP contribution in [0.1, 0.15) is 36.1 Å². The van der Waals surface area contributed by atoms with E-state index < -0.39 is 6.10 Å². The Morgan fingerprint density at radius 1 is 1.03 bits per heavy atom. The maximum atomic E-state index is 10.6. The lowest BCUT2D eigenvalue weighted by Crippen LogP contribution is -2.40. The summed E-state index contributed by atoms with van der Waals surface area (Å²) < 4.78 is 8.61. The van der Waals surface area contributed by atoms with Crippen LogP contribution in [0.4, 0.5) is 0 Å². The summed E-state index contributed by atoms with van der Waals surface area (Å²) in [5, 5.41) is 15.2. The first-order valence-corrected chi connectivity index (χ1v) is 12.9. The number of β-amino-alcohol motifs (C(OH)–C–C–N with tert-alkyl or cyclic N) is 1. The molecule has 0 aliphatic carbocycles. The molecule has 1 N–H and O–H groups in total. The number of fused-ring (bicyclic) bond motifs is 2. The quantitative estimate of drug-likeness (QED) is 0.358. The molecule has 162 valence electrons. The number of piperidine rings is 1. The molecule has 0 saturated carbocycles. The zero-order valence-electron chi connectivity index (χ0n) is 17.9. The lowest BCUT2D eigenvalue weighted by atomic mass is 9.91. The molecule has 31 heavy (non-hydrogen) atoms. The molecule has 1 fully saturated rings. The smallest absolute Gasteiger partial charge is 0.128 e. The lowest BCUT2D eigenvalue weighted by molar-refractivity contribution is 0.0600. The zero-order chi connectivity index (χ0) is 21.2. The molecule has 1 aliphatic rings. The standard InChI is InChI=1S/C26H29NO2S2/c1-2-20-21-6-3-4-8-25(21)31-26(20)18-10-13-27(14-11-18)16-19(28)17-29-23-7-5-9-24-22(23)12-15-30-24/h3-9,12,15,18-19,28H,2,10-11,13-14,16-17H2,1H3/t19-/m0/s1. The van der Waals surface area contributed by atoms with Gasteiger partial charge in [0.15, 0.2) is 0 Å². The van der Waals surface area contributed by atoms with Crippen molar-refractivity contribution in [1.82, 2.24) is 4.90 Å². The summed E-state index contributed by atoms with van der Waals surface area (Å²) >= 11 is 3.71. The molecule has 2 aromatic carbocycles. The van der Waals surface area contributed by atoms with Crippen molar-refractivity contribution < 1.29 is 9.84 Å². The van der Waals surface area contributed by atoms with Crippen LogP contribution in [0.2, 0.25) is 0 Å². The number of thiophene rings is 2. The van der Waals surface area contributed by atoms with E-state index in [1.165, 1.54) is 27.6 Å². The van der Waals surface area contributed by atoms with Gasteiger partial charge in [0.1, 0.15) is 18.5 Å². The van der Waals surface area contributed by atoms with Gasteiger partial charge in [-0.1, -0.05) is 31.2 Å². The van der Waals surface area contributed by atoms with Gasteiger partial charge in [0, 0.05) is 26.2 Å². The number of rotatable bonds is 7. The Kier molecular flexibility index (Phi) is 6.28. The van der Waals surface area contributed by atoms with E-state index in [9.17, 15) is 5.11 Å². The molecule has 1 saturated heterocycles. The number of nitrogens with zero attached hydrogens (tertiary/aromatic N) is 1. The van der Waals surface area contributed by atoms with E-state index in [2.05, 4.69) is 53.6 Å². The molecule has 0 radical (unpaired) electrons. The van der Waals surface area contributed by atoms with Gasteiger partial charge in [0.25, 0.3) is 0 Å². The fourth-order valence-electron chi connectivity index (χ4n) is 4.82. The van der Waals surface area contributed by atoms with Gasteiger partial charge in [0.2, 0.25) is 0 Å². The van der Waals surface area contributed by atoms with Gasteiger partial charge in [-0.05, 0) is 78.9 Å². The minimum absolute atomic E-state index is 0.338. The summed E-state index contributed by atoms with van der Waals surface area (Å²) in [5.41, 5.74) is 1.55. The fraction of sp³-hybridized carbons (Fsp3) is 0.385. The third-order valence-electron chi connectivity index (χ3n) is 6.40. The number of benzene rings is 2. The Labute approximate surface area is 191 Å². The van der Waals surface area contributed by atoms with Crippen molar-refractivity contribution in [3.63, 3.8) is 0 Å². The van der Waals surface area contributed by atoms with E-state index >= 15 is 0 Å². The fourth-order valence-corrected chi connectivity index (χ4v) is 7.09. The zero-order valence-corrected chi connectivity index (χ0v) is 19.6. The Balaban J connectivity index is 1.16. The number of aryl methyl sites for hydroxylation is 1. The summed E-state index contributed by atoms with van der Waals surface area (Å²) in [5.74, 6) is 1.52. The van der Waals surface area contributed by atoms with Crippen molar-refractivity contribution in [2.75, 3.05) is 26.2 Å². The van der Waals surface area contributed by atoms with Crippen LogP contribution in [0.3, 0.4) is 0 Å². The number of aliphatic hydroxyl groups is 1. The molecule has 1 aliphatic heterocycles. The topological polar surface area (TPSA) is 32.7 Å². The van der Waals surface area contributed by atoms with Crippen molar-refractivity contribution in [3.05, 3.63) is 64.4 Å². The first-order valence-electron chi connectivity index (χ1n) is 11.2. The Morgan fingerprint density at radius 3 is 2.68 bits per heavy atom. The van der Waals surface area contributed by atoms with Crippen molar-refractivity contribution in [3.8, 4) is 5.75 Å². The highest BCUT2D eigenvalue weighted by molar-refractivity contribution is 7.19. The van der Waals surface area contributed by atoms with Crippen LogP contribution < -0.4 is 4.74 Å². The van der Waals surface area contributed by atoms with Crippen LogP contribution in [-0.2, 0) is 6.42 Å². The third-order valence-corrected chi connectivity index (χ3v) is 8.66. The molecule has 0 bridgehead atoms. The minimum atomic E-state index is -0.471. The van der Waals surface area contributed by atoms with Crippen molar-refractivity contribution in [2.24, 2.45) is 0 Å². The summed E-state index contributed by atoms with van der Waals surface area (Å²) in [6.45, 7) is 5.38. The second-order valence-electron chi connectivity index (χ2n) is 8.42. The second kappa shape index (κ2) is 9.29. The molecule has 0 spiro atoms. The van der Waals surface area contributed by atoms with Crippen molar-refractivity contribution in [2.45, 2.75) is 38.2 Å². The van der Waals surface area contributed by atoms with Gasteiger partial charge in [-0.25, -0.2) is 0 Å². The average Bonchev–Trinajstić information content (AvgIpc) is 3.43. The Bertz CT molecular complexity index is 1160. The third kappa shape index (κ3) is 4.37. The van der Waals surface area contributed by atoms with E-state index in [0.717, 1.165) is 30.6 Å². The molecule has 3 nitrogen and oxygen atoms in total. The van der Waals surface area contributed by atoms with Gasteiger partial charge in [0.05, 0.1) is 0 Å². The summed E-state index contributed by atoms with van der Waals surface area (Å²) in [6, 6.07) is 17.0. The highest BCUT2D eigenvalue weighted by atomic mass is 32.1. The monoisotopic (exact) mass is 451 g/mol. The maximum Gasteiger partial charge on any atom is 0.128 e. The number of likely N-dealkylation sites (tertiary alicyclic amines) is 1. The largest absolute Gasteiger partial charge is 0.490 e. The van der Waals surface area contributed by atoms with Gasteiger partial charge < -0.3 is 14.7 Å². The molecular weight excluding hydrogens is 422 g/mol. The SMILES string of the molecule is CCc1c(C2CCN(C[C@H](O)COc3cccc4sccc34)CC2)sc2ccccc12. The summed E-state index contributed by atoms with van der Waals surface area (Å²) in [7, 11) is 0. The molecule has 5 rings (SSSR count). The molecule has 2 aromatic heterocycles. The highest BCUT2D eigenvalue weighted by Crippen LogP contribution is 2.40. The number of aliphatic hydroxyl groups excluding tert-OH is 1. The number of ether oxygens (including phenoxy) is 1. The van der Waals surface area contributed by atoms with Crippen LogP contribution >= 0.6 is 22.7 Å². The highest BCUT2D eigenvalue weighted by Gasteiger charge is 2.26. The summed E-state index contributed by atoms with van der Waals surface area (Å²) in [6.07, 6.45) is 2.97. The van der Waals surface area contributed by atoms with Crippen LogP contribution in [0, 0.1) is 0 Å². The van der Waals surface area contributed by atoms with Gasteiger partial charge in [-0.2, -0.15) is 0 Å². The molecule has 1 atom stereocenters. The number of hydrogen-bond donors (Lipinski definition) is 1. The predicted molar refractivity (Wildman–Crippen MR) is 133 cm³/mol. The van der Waals surface area contributed by atoms with Crippen LogP contribution in [0.25, 0.3) is 20.2 Å². The van der Waals surface area contributed by atoms with Crippen LogP contribution in [0.15, 0.2) is 53.9 Å². The van der Waals surface area contributed by atoms with Crippen LogP contribution in [0.5, 0.6) is 5.75 Å². The van der Waals surface area contributed by atoms with E-state index in [1.807, 2.05) is 23.5 Å². The van der Waals surface area contributed by atoms with Crippen molar-refractivity contribution in [1.29, 1.82) is 0 Å². The molecule has 0 unspecified atom stereocenters. The molecule has 0 amide bonds. The normalized spacial score (nSPS) is 16.8. The first-order chi connectivity index (χ1) is 15.2. The predicted octanol–water partition coefficient (Wildman–Crippen LogP) is 6.30. The first kappa shape index (κ1) is 21.0. The minimum Gasteiger partial charge on any atom is -0.490 e. The maximum absolute atomic E-state index is 10.6. The van der Waals surface area contributed by atoms with Gasteiger partial charge in [-0.3, -0.25) is 0 Å². The van der Waals surface area contributed by atoms with E-state index in [-0.39, 0.29) is 0 Å². The Hall–Kier alpha value is -1.92. The van der Waals surface area contributed by atoms with Gasteiger partial charge in [-0.15, -0.1) is 22.7 Å². The van der Waals surface area contributed by atoms with E-state index in [4.69, 9.17) is 4.74 Å². The van der Waals surface area contributed by atoms with Gasteiger partial charge >= 0.3 is 0 Å². The van der Waals surface area contributed by atoms with E-state index in [1.54, 1.807) is 21.8 Å². The molecule has 4 aromatic rings. The van der Waals surface area contributed by atoms with E-state index in [0.29, 0.717) is 19.1 Å². The second-order valence-corrected chi connectivity index (χ2v) is 10.5. The van der Waals surface area contributed by atoms with Crippen LogP contribution in [-0.4, -0.2) is 42.4 Å². The summed E-state index contributed by atoms with van der Waals surface area (Å²) in [4.78, 5) is 3.99. The number of hydrogen-bond acceptors (Lipinski definition) is 5. The lowest BCUT2D eigenvalue weighted by Gasteiger charge is -2.33. The molecule has 3 heterocycles.